The lowest BCUT2D eigenvalue weighted by molar-refractivity contribution is -0.121. The first kappa shape index (κ1) is 18.1. The van der Waals surface area contributed by atoms with Crippen LogP contribution in [0.25, 0.3) is 0 Å². The summed E-state index contributed by atoms with van der Waals surface area (Å²) in [6.07, 6.45) is 4.68. The van der Waals surface area contributed by atoms with Gasteiger partial charge in [-0.05, 0) is 41.4 Å². The van der Waals surface area contributed by atoms with E-state index in [1.807, 2.05) is 0 Å². The molecule has 140 valence electrons. The van der Waals surface area contributed by atoms with Crippen LogP contribution in [0.4, 0.5) is 14.5 Å². The Balaban J connectivity index is 1.93. The smallest absolute Gasteiger partial charge is 0.423 e. The first-order valence-electron chi connectivity index (χ1n) is 9.22. The molecule has 7 heteroatoms. The van der Waals surface area contributed by atoms with Crippen molar-refractivity contribution >= 4 is 24.2 Å². The van der Waals surface area contributed by atoms with E-state index in [4.69, 9.17) is 0 Å². The number of anilines is 1. The molecule has 0 unspecified atom stereocenters. The summed E-state index contributed by atoms with van der Waals surface area (Å²) in [4.78, 5) is 13.2. The number of hydrogen-bond acceptors (Lipinski definition) is 3. The van der Waals surface area contributed by atoms with Crippen molar-refractivity contribution in [2.24, 2.45) is 5.92 Å². The minimum atomic E-state index is -1.61. The third-order valence-electron chi connectivity index (χ3n) is 6.00. The maximum atomic E-state index is 14.4. The molecule has 3 N–H and O–H groups in total. The van der Waals surface area contributed by atoms with Gasteiger partial charge >= 0.3 is 7.12 Å². The molecule has 0 bridgehead atoms. The van der Waals surface area contributed by atoms with Crippen molar-refractivity contribution in [1.29, 1.82) is 0 Å². The SMILES string of the molecule is O=C1Nc2c(ccc(F)c2F)[C@@]1(c1ccc(B(O)O)cc1)C1CCCCC1. The summed E-state index contributed by atoms with van der Waals surface area (Å²) in [5, 5.41) is 21.3. The Labute approximate surface area is 156 Å². The third-order valence-corrected chi connectivity index (χ3v) is 6.00. The van der Waals surface area contributed by atoms with Gasteiger partial charge in [-0.2, -0.15) is 0 Å². The molecule has 1 fully saturated rings. The summed E-state index contributed by atoms with van der Waals surface area (Å²) in [6.45, 7) is 0. The first-order valence-corrected chi connectivity index (χ1v) is 9.22. The van der Waals surface area contributed by atoms with E-state index in [9.17, 15) is 23.6 Å². The molecule has 1 saturated carbocycles. The predicted molar refractivity (Wildman–Crippen MR) is 98.6 cm³/mol. The molecule has 4 rings (SSSR count). The fourth-order valence-electron chi connectivity index (χ4n) is 4.72. The number of amides is 1. The number of carbonyl (C=O) groups is 1. The highest BCUT2D eigenvalue weighted by atomic mass is 19.2. The van der Waals surface area contributed by atoms with Crippen LogP contribution >= 0.6 is 0 Å². The molecule has 1 aliphatic heterocycles. The normalized spacial score (nSPS) is 22.4. The van der Waals surface area contributed by atoms with Gasteiger partial charge in [0.05, 0.1) is 5.69 Å². The molecular weight excluding hydrogens is 351 g/mol. The first-order chi connectivity index (χ1) is 13.0. The number of halogens is 2. The van der Waals surface area contributed by atoms with Crippen molar-refractivity contribution in [3.8, 4) is 0 Å². The predicted octanol–water partition coefficient (Wildman–Crippen LogP) is 2.46. The molecule has 1 amide bonds. The van der Waals surface area contributed by atoms with Gasteiger partial charge in [0, 0.05) is 0 Å². The summed E-state index contributed by atoms with van der Waals surface area (Å²) < 4.78 is 28.2. The van der Waals surface area contributed by atoms with Gasteiger partial charge in [-0.3, -0.25) is 4.79 Å². The largest absolute Gasteiger partial charge is 0.488 e. The van der Waals surface area contributed by atoms with Crippen molar-refractivity contribution in [2.75, 3.05) is 5.32 Å². The standard InChI is InChI=1S/C20H20BF2NO3/c22-16-11-10-15-18(17(16)23)24-19(25)20(15,12-4-2-1-3-5-12)13-6-8-14(9-7-13)21(26)27/h6-12,26-27H,1-5H2,(H,24,25)/t20-/m0/s1. The molecule has 2 aromatic carbocycles. The fourth-order valence-corrected chi connectivity index (χ4v) is 4.72. The van der Waals surface area contributed by atoms with Crippen LogP contribution in [0.3, 0.4) is 0 Å². The summed E-state index contributed by atoms with van der Waals surface area (Å²) in [6, 6.07) is 9.02. The second-order valence-corrected chi connectivity index (χ2v) is 7.38. The minimum Gasteiger partial charge on any atom is -0.423 e. The second-order valence-electron chi connectivity index (χ2n) is 7.38. The number of hydrogen-bond donors (Lipinski definition) is 3. The summed E-state index contributed by atoms with van der Waals surface area (Å²) >= 11 is 0. The van der Waals surface area contributed by atoms with Gasteiger partial charge in [-0.1, -0.05) is 49.6 Å². The maximum Gasteiger partial charge on any atom is 0.488 e. The van der Waals surface area contributed by atoms with Gasteiger partial charge in [-0.15, -0.1) is 0 Å². The van der Waals surface area contributed by atoms with Crippen LogP contribution in [0.2, 0.25) is 0 Å². The molecule has 2 aliphatic rings. The van der Waals surface area contributed by atoms with Crippen LogP contribution < -0.4 is 10.8 Å². The Kier molecular flexibility index (Phi) is 4.52. The average Bonchev–Trinajstić information content (AvgIpc) is 2.99. The number of carbonyl (C=O) groups excluding carboxylic acids is 1. The molecule has 0 spiro atoms. The van der Waals surface area contributed by atoms with Gasteiger partial charge in [0.15, 0.2) is 11.6 Å². The molecule has 0 saturated heterocycles. The minimum absolute atomic E-state index is 0.0396. The monoisotopic (exact) mass is 371 g/mol. The van der Waals surface area contributed by atoms with Crippen molar-refractivity contribution < 1.29 is 23.6 Å². The summed E-state index contributed by atoms with van der Waals surface area (Å²) in [5.41, 5.74) is 0.221. The van der Waals surface area contributed by atoms with Crippen LogP contribution in [0.15, 0.2) is 36.4 Å². The zero-order valence-electron chi connectivity index (χ0n) is 14.7. The number of nitrogens with one attached hydrogen (secondary N) is 1. The maximum absolute atomic E-state index is 14.4. The summed E-state index contributed by atoms with van der Waals surface area (Å²) in [5.74, 6) is -2.43. The van der Waals surface area contributed by atoms with Crippen molar-refractivity contribution in [2.45, 2.75) is 37.5 Å². The van der Waals surface area contributed by atoms with Crippen LogP contribution in [0.1, 0.15) is 43.2 Å². The second kappa shape index (κ2) is 6.73. The average molecular weight is 371 g/mol. The lowest BCUT2D eigenvalue weighted by Crippen LogP contribution is -2.44. The van der Waals surface area contributed by atoms with Crippen LogP contribution in [-0.4, -0.2) is 23.1 Å². The number of rotatable bonds is 3. The van der Waals surface area contributed by atoms with Gasteiger partial charge < -0.3 is 15.4 Å². The quantitative estimate of drug-likeness (QED) is 0.726. The zero-order valence-corrected chi connectivity index (χ0v) is 14.7. The van der Waals surface area contributed by atoms with Gasteiger partial charge in [0.25, 0.3) is 0 Å². The molecule has 1 atom stereocenters. The molecule has 0 radical (unpaired) electrons. The summed E-state index contributed by atoms with van der Waals surface area (Å²) in [7, 11) is -1.61. The van der Waals surface area contributed by atoms with E-state index in [2.05, 4.69) is 5.32 Å². The number of benzene rings is 2. The van der Waals surface area contributed by atoms with Crippen LogP contribution in [0.5, 0.6) is 0 Å². The molecule has 0 aromatic heterocycles. The van der Waals surface area contributed by atoms with Gasteiger partial charge in [0.1, 0.15) is 5.41 Å². The molecule has 1 aliphatic carbocycles. The zero-order chi connectivity index (χ0) is 19.2. The Bertz CT molecular complexity index is 882. The molecule has 2 aromatic rings. The third kappa shape index (κ3) is 2.68. The highest BCUT2D eigenvalue weighted by Crippen LogP contribution is 2.52. The number of fused-ring (bicyclic) bond motifs is 1. The van der Waals surface area contributed by atoms with Crippen molar-refractivity contribution in [3.63, 3.8) is 0 Å². The molecule has 27 heavy (non-hydrogen) atoms. The Morgan fingerprint density at radius 3 is 2.30 bits per heavy atom. The Hall–Kier alpha value is -2.25. The van der Waals surface area contributed by atoms with E-state index in [0.717, 1.165) is 38.2 Å². The van der Waals surface area contributed by atoms with E-state index < -0.39 is 24.2 Å². The van der Waals surface area contributed by atoms with Gasteiger partial charge in [0.2, 0.25) is 5.91 Å². The molecule has 4 nitrogen and oxygen atoms in total. The van der Waals surface area contributed by atoms with Gasteiger partial charge in [-0.25, -0.2) is 8.78 Å². The molecule has 1 heterocycles. The topological polar surface area (TPSA) is 69.6 Å². The lowest BCUT2D eigenvalue weighted by atomic mass is 9.61. The highest BCUT2D eigenvalue weighted by Gasteiger charge is 2.54. The van der Waals surface area contributed by atoms with Crippen LogP contribution in [-0.2, 0) is 10.2 Å². The van der Waals surface area contributed by atoms with E-state index in [0.29, 0.717) is 16.6 Å². The van der Waals surface area contributed by atoms with Crippen LogP contribution in [0, 0.1) is 17.6 Å². The highest BCUT2D eigenvalue weighted by molar-refractivity contribution is 6.58. The van der Waals surface area contributed by atoms with E-state index in [1.165, 1.54) is 6.07 Å². The van der Waals surface area contributed by atoms with E-state index in [-0.39, 0.29) is 17.5 Å². The Morgan fingerprint density at radius 1 is 1.00 bits per heavy atom. The lowest BCUT2D eigenvalue weighted by Gasteiger charge is -2.39. The molecular formula is C20H20BF2NO3. The van der Waals surface area contributed by atoms with Crippen molar-refractivity contribution in [3.05, 3.63) is 59.2 Å². The Morgan fingerprint density at radius 2 is 1.67 bits per heavy atom. The van der Waals surface area contributed by atoms with Crippen molar-refractivity contribution in [1.82, 2.24) is 0 Å². The fraction of sp³-hybridized carbons (Fsp3) is 0.350. The van der Waals surface area contributed by atoms with E-state index >= 15 is 0 Å². The van der Waals surface area contributed by atoms with E-state index in [1.54, 1.807) is 24.3 Å².